The van der Waals surface area contributed by atoms with Crippen LogP contribution >= 0.6 is 0 Å². The van der Waals surface area contributed by atoms with E-state index in [0.717, 1.165) is 12.1 Å². The molecule has 2 aromatic heterocycles. The molecule has 0 aromatic carbocycles. The van der Waals surface area contributed by atoms with Crippen molar-refractivity contribution in [2.75, 3.05) is 13.1 Å². The molecule has 1 aliphatic heterocycles. The molecule has 0 bridgehead atoms. The number of carbonyl (C=O) groups excluding carboxylic acids is 2. The third-order valence-corrected chi connectivity index (χ3v) is 4.17. The molecule has 0 spiro atoms. The molecular weight excluding hydrogens is 306 g/mol. The van der Waals surface area contributed by atoms with Crippen LogP contribution in [0.3, 0.4) is 0 Å². The minimum atomic E-state index is -0.163. The van der Waals surface area contributed by atoms with Crippen LogP contribution in [-0.4, -0.2) is 51.0 Å². The summed E-state index contributed by atoms with van der Waals surface area (Å²) >= 11 is 0. The van der Waals surface area contributed by atoms with E-state index in [0.29, 0.717) is 30.3 Å². The average molecular weight is 327 g/mol. The summed E-state index contributed by atoms with van der Waals surface area (Å²) in [6.07, 6.45) is 3.89. The molecule has 0 unspecified atom stereocenters. The molecule has 1 aliphatic rings. The predicted molar refractivity (Wildman–Crippen MR) is 88.7 cm³/mol. The van der Waals surface area contributed by atoms with Gasteiger partial charge < -0.3 is 10.2 Å². The van der Waals surface area contributed by atoms with Crippen LogP contribution in [-0.2, 0) is 0 Å². The van der Waals surface area contributed by atoms with Crippen LogP contribution in [0.2, 0.25) is 0 Å². The molecule has 126 valence electrons. The molecule has 1 fully saturated rings. The molecule has 3 heterocycles. The van der Waals surface area contributed by atoms with Crippen molar-refractivity contribution in [3.63, 3.8) is 0 Å². The fourth-order valence-corrected chi connectivity index (χ4v) is 2.73. The van der Waals surface area contributed by atoms with E-state index in [4.69, 9.17) is 0 Å². The fraction of sp³-hybridized carbons (Fsp3) is 0.412. The fourth-order valence-electron chi connectivity index (χ4n) is 2.73. The topological polar surface area (TPSA) is 91.0 Å². The maximum Gasteiger partial charge on any atom is 0.274 e. The summed E-state index contributed by atoms with van der Waals surface area (Å²) in [6, 6.07) is 5.19. The number of hydrogen-bond acceptors (Lipinski definition) is 4. The third-order valence-electron chi connectivity index (χ3n) is 4.17. The Morgan fingerprint density at radius 1 is 1.42 bits per heavy atom. The number of nitrogens with one attached hydrogen (secondary N) is 2. The van der Waals surface area contributed by atoms with Crippen LogP contribution in [0.1, 0.15) is 52.7 Å². The van der Waals surface area contributed by atoms with Crippen LogP contribution in [0.25, 0.3) is 0 Å². The van der Waals surface area contributed by atoms with Crippen molar-refractivity contribution >= 4 is 11.8 Å². The first kappa shape index (κ1) is 16.2. The molecule has 24 heavy (non-hydrogen) atoms. The lowest BCUT2D eigenvalue weighted by Gasteiger charge is -2.16. The van der Waals surface area contributed by atoms with Crippen LogP contribution < -0.4 is 5.32 Å². The summed E-state index contributed by atoms with van der Waals surface area (Å²) in [6.45, 7) is 5.19. The molecule has 7 heteroatoms. The number of carbonyl (C=O) groups is 2. The molecule has 2 aromatic rings. The normalized spacial score (nSPS) is 17.3. The number of nitrogens with zero attached hydrogens (tertiary/aromatic N) is 3. The van der Waals surface area contributed by atoms with Gasteiger partial charge in [-0.25, -0.2) is 0 Å². The molecular formula is C17H21N5O2. The van der Waals surface area contributed by atoms with Crippen LogP contribution in [0.5, 0.6) is 0 Å². The molecule has 2 N–H and O–H groups in total. The second kappa shape index (κ2) is 6.82. The quantitative estimate of drug-likeness (QED) is 0.892. The van der Waals surface area contributed by atoms with Gasteiger partial charge in [0.15, 0.2) is 0 Å². The van der Waals surface area contributed by atoms with Crippen molar-refractivity contribution in [3.8, 4) is 0 Å². The second-order valence-corrected chi connectivity index (χ2v) is 6.32. The van der Waals surface area contributed by atoms with E-state index >= 15 is 0 Å². The van der Waals surface area contributed by atoms with E-state index in [9.17, 15) is 9.59 Å². The number of H-pyrrole nitrogens is 1. The number of aromatic amines is 1. The highest BCUT2D eigenvalue weighted by molar-refractivity contribution is 5.94. The first-order valence-electron chi connectivity index (χ1n) is 8.10. The molecule has 0 saturated carbocycles. The maximum atomic E-state index is 12.5. The zero-order chi connectivity index (χ0) is 17.1. The Morgan fingerprint density at radius 2 is 2.25 bits per heavy atom. The lowest BCUT2D eigenvalue weighted by molar-refractivity contribution is 0.0777. The number of pyridine rings is 1. The Morgan fingerprint density at radius 3 is 2.92 bits per heavy atom. The number of rotatable bonds is 4. The van der Waals surface area contributed by atoms with Gasteiger partial charge in [0, 0.05) is 37.2 Å². The minimum absolute atomic E-state index is 0.0508. The van der Waals surface area contributed by atoms with Crippen molar-refractivity contribution < 1.29 is 9.59 Å². The smallest absolute Gasteiger partial charge is 0.274 e. The summed E-state index contributed by atoms with van der Waals surface area (Å²) in [5, 5.41) is 9.96. The zero-order valence-corrected chi connectivity index (χ0v) is 13.8. The van der Waals surface area contributed by atoms with Gasteiger partial charge in [0.2, 0.25) is 0 Å². The Labute approximate surface area is 140 Å². The number of aromatic nitrogens is 3. The predicted octanol–water partition coefficient (Wildman–Crippen LogP) is 1.57. The van der Waals surface area contributed by atoms with Gasteiger partial charge >= 0.3 is 0 Å². The van der Waals surface area contributed by atoms with Crippen LogP contribution in [0.15, 0.2) is 30.6 Å². The maximum absolute atomic E-state index is 12.5. The van der Waals surface area contributed by atoms with Gasteiger partial charge in [-0.1, -0.05) is 13.8 Å². The van der Waals surface area contributed by atoms with E-state index in [1.807, 2.05) is 13.8 Å². The Kier molecular flexibility index (Phi) is 4.59. The molecule has 3 rings (SSSR count). The van der Waals surface area contributed by atoms with Crippen molar-refractivity contribution in [2.45, 2.75) is 32.2 Å². The van der Waals surface area contributed by atoms with Gasteiger partial charge in [0.25, 0.3) is 11.8 Å². The van der Waals surface area contributed by atoms with Crippen LogP contribution in [0, 0.1) is 0 Å². The van der Waals surface area contributed by atoms with E-state index in [1.54, 1.807) is 29.3 Å². The number of hydrogen-bond donors (Lipinski definition) is 2. The van der Waals surface area contributed by atoms with Gasteiger partial charge in [0.05, 0.1) is 5.56 Å². The minimum Gasteiger partial charge on any atom is -0.347 e. The van der Waals surface area contributed by atoms with Gasteiger partial charge in [-0.05, 0) is 30.5 Å². The van der Waals surface area contributed by atoms with E-state index < -0.39 is 0 Å². The van der Waals surface area contributed by atoms with E-state index in [1.165, 1.54) is 6.20 Å². The highest BCUT2D eigenvalue weighted by Crippen LogP contribution is 2.16. The van der Waals surface area contributed by atoms with Crippen LogP contribution in [0.4, 0.5) is 0 Å². The molecule has 1 saturated heterocycles. The molecule has 0 radical (unpaired) electrons. The first-order chi connectivity index (χ1) is 11.5. The first-order valence-corrected chi connectivity index (χ1v) is 8.10. The number of amides is 2. The monoisotopic (exact) mass is 327 g/mol. The van der Waals surface area contributed by atoms with Crippen molar-refractivity contribution in [1.29, 1.82) is 0 Å². The molecule has 2 amide bonds. The van der Waals surface area contributed by atoms with E-state index in [-0.39, 0.29) is 17.9 Å². The lowest BCUT2D eigenvalue weighted by atomic mass is 10.1. The number of likely N-dealkylation sites (tertiary alicyclic amines) is 1. The summed E-state index contributed by atoms with van der Waals surface area (Å²) in [5.41, 5.74) is 1.90. The molecule has 7 nitrogen and oxygen atoms in total. The zero-order valence-electron chi connectivity index (χ0n) is 13.8. The second-order valence-electron chi connectivity index (χ2n) is 6.32. The lowest BCUT2D eigenvalue weighted by Crippen LogP contribution is -2.38. The van der Waals surface area contributed by atoms with E-state index in [2.05, 4.69) is 20.5 Å². The SMILES string of the molecule is CC(C)c1cc(C(=O)N2CC[C@@H](NC(=O)c3cccnc3)C2)n[nH]1. The highest BCUT2D eigenvalue weighted by Gasteiger charge is 2.29. The van der Waals surface area contributed by atoms with Gasteiger partial charge in [0.1, 0.15) is 5.69 Å². The molecule has 1 atom stereocenters. The van der Waals surface area contributed by atoms with Gasteiger partial charge in [-0.2, -0.15) is 5.10 Å². The third kappa shape index (κ3) is 3.45. The Hall–Kier alpha value is -2.70. The Bertz CT molecular complexity index is 726. The van der Waals surface area contributed by atoms with Gasteiger partial charge in [-0.3, -0.25) is 19.7 Å². The van der Waals surface area contributed by atoms with Crippen molar-refractivity contribution in [2.24, 2.45) is 0 Å². The van der Waals surface area contributed by atoms with Crippen molar-refractivity contribution in [3.05, 3.63) is 47.5 Å². The van der Waals surface area contributed by atoms with Gasteiger partial charge in [-0.15, -0.1) is 0 Å². The summed E-state index contributed by atoms with van der Waals surface area (Å²) in [5.74, 6) is 0.0321. The average Bonchev–Trinajstić information content (AvgIpc) is 3.24. The Balaban J connectivity index is 1.58. The standard InChI is InChI=1S/C17H21N5O2/c1-11(2)14-8-15(21-20-14)17(24)22-7-5-13(10-22)19-16(23)12-4-3-6-18-9-12/h3-4,6,8-9,11,13H,5,7,10H2,1-2H3,(H,19,23)(H,20,21)/t13-/m1/s1. The summed E-state index contributed by atoms with van der Waals surface area (Å²) < 4.78 is 0. The largest absolute Gasteiger partial charge is 0.347 e. The summed E-state index contributed by atoms with van der Waals surface area (Å²) in [7, 11) is 0. The molecule has 0 aliphatic carbocycles. The highest BCUT2D eigenvalue weighted by atomic mass is 16.2. The van der Waals surface area contributed by atoms with Crippen molar-refractivity contribution in [1.82, 2.24) is 25.4 Å². The summed E-state index contributed by atoms with van der Waals surface area (Å²) in [4.78, 5) is 30.3.